The highest BCUT2D eigenvalue weighted by molar-refractivity contribution is 8.01. The largest absolute Gasteiger partial charge is 0.573 e. The van der Waals surface area contributed by atoms with Crippen molar-refractivity contribution in [1.29, 1.82) is 0 Å². The van der Waals surface area contributed by atoms with Gasteiger partial charge >= 0.3 is 6.36 Å². The fourth-order valence-corrected chi connectivity index (χ4v) is 3.55. The van der Waals surface area contributed by atoms with E-state index in [-0.39, 0.29) is 17.3 Å². The van der Waals surface area contributed by atoms with Gasteiger partial charge in [0.05, 0.1) is 11.4 Å². The molecule has 0 aliphatic heterocycles. The van der Waals surface area contributed by atoms with Crippen LogP contribution in [0.3, 0.4) is 0 Å². The molecule has 6 nitrogen and oxygen atoms in total. The number of nitrogens with one attached hydrogen (secondary N) is 2. The molecule has 0 bridgehead atoms. The predicted molar refractivity (Wildman–Crippen MR) is 92.2 cm³/mol. The minimum atomic E-state index is -4.72. The van der Waals surface area contributed by atoms with Gasteiger partial charge in [-0.1, -0.05) is 23.1 Å². The Bertz CT molecular complexity index is 864. The van der Waals surface area contributed by atoms with Gasteiger partial charge in [0.25, 0.3) is 0 Å². The van der Waals surface area contributed by atoms with E-state index < -0.39 is 6.36 Å². The van der Waals surface area contributed by atoms with E-state index in [9.17, 15) is 18.0 Å². The third kappa shape index (κ3) is 5.23. The summed E-state index contributed by atoms with van der Waals surface area (Å²) >= 11 is 2.49. The van der Waals surface area contributed by atoms with Crippen LogP contribution in [-0.2, 0) is 0 Å². The third-order valence-electron chi connectivity index (χ3n) is 2.97. The summed E-state index contributed by atoms with van der Waals surface area (Å²) < 4.78 is 40.8. The molecule has 2 N–H and O–H groups in total. The molecule has 0 saturated carbocycles. The second kappa shape index (κ2) is 7.79. The first-order chi connectivity index (χ1) is 12.4. The molecule has 136 valence electrons. The van der Waals surface area contributed by atoms with Crippen LogP contribution in [0.1, 0.15) is 10.5 Å². The van der Waals surface area contributed by atoms with Gasteiger partial charge in [-0.05, 0) is 36.4 Å². The van der Waals surface area contributed by atoms with E-state index in [4.69, 9.17) is 0 Å². The summed E-state index contributed by atoms with van der Waals surface area (Å²) in [5.74, 6) is -0.136. The average molecular weight is 400 g/mol. The lowest BCUT2D eigenvalue weighted by atomic mass is 10.3. The molecule has 0 unspecified atom stereocenters. The van der Waals surface area contributed by atoms with Gasteiger partial charge in [-0.15, -0.1) is 23.4 Å². The summed E-state index contributed by atoms with van der Waals surface area (Å²) in [6, 6.07) is 8.70. The first kappa shape index (κ1) is 18.3. The molecule has 0 amide bonds. The number of aromatic nitrogens is 3. The lowest BCUT2D eigenvalue weighted by Gasteiger charge is -2.09. The standard InChI is InChI=1S/C15H11F3N4O2S2/c16-15(17,18)24-10-5-3-9(4-6-10)20-13-21-22-14(26-13)25-8-12(23)11-2-1-7-19-11/h1-7,19H,8H2,(H,20,21). The van der Waals surface area contributed by atoms with Crippen molar-refractivity contribution in [2.24, 2.45) is 0 Å². The maximum absolute atomic E-state index is 12.1. The Kier molecular flexibility index (Phi) is 5.47. The first-order valence-corrected chi connectivity index (χ1v) is 8.95. The fraction of sp³-hybridized carbons (Fsp3) is 0.133. The lowest BCUT2D eigenvalue weighted by molar-refractivity contribution is -0.274. The second-order valence-electron chi connectivity index (χ2n) is 4.87. The van der Waals surface area contributed by atoms with Gasteiger partial charge in [0, 0.05) is 11.9 Å². The number of ether oxygens (including phenoxy) is 1. The van der Waals surface area contributed by atoms with Crippen molar-refractivity contribution in [3.8, 4) is 5.75 Å². The number of H-pyrrole nitrogens is 1. The van der Waals surface area contributed by atoms with E-state index in [2.05, 4.69) is 25.2 Å². The number of anilines is 2. The highest BCUT2D eigenvalue weighted by Crippen LogP contribution is 2.29. The zero-order chi connectivity index (χ0) is 18.6. The highest BCUT2D eigenvalue weighted by Gasteiger charge is 2.30. The van der Waals surface area contributed by atoms with Gasteiger partial charge in [0.15, 0.2) is 10.1 Å². The Morgan fingerprint density at radius 1 is 1.23 bits per heavy atom. The van der Waals surface area contributed by atoms with Crippen LogP contribution in [0, 0.1) is 0 Å². The summed E-state index contributed by atoms with van der Waals surface area (Å²) in [7, 11) is 0. The van der Waals surface area contributed by atoms with Crippen LogP contribution < -0.4 is 10.1 Å². The maximum atomic E-state index is 12.1. The van der Waals surface area contributed by atoms with Crippen molar-refractivity contribution >= 4 is 39.7 Å². The van der Waals surface area contributed by atoms with E-state index in [1.165, 1.54) is 47.4 Å². The normalized spacial score (nSPS) is 11.3. The monoisotopic (exact) mass is 400 g/mol. The highest BCUT2D eigenvalue weighted by atomic mass is 32.2. The summed E-state index contributed by atoms with van der Waals surface area (Å²) in [6.07, 6.45) is -3.05. The number of Topliss-reactive ketones (excluding diaryl/α,β-unsaturated/α-hetero) is 1. The number of carbonyl (C=O) groups is 1. The zero-order valence-corrected chi connectivity index (χ0v) is 14.5. The number of rotatable bonds is 7. The summed E-state index contributed by atoms with van der Waals surface area (Å²) in [5, 5.41) is 11.3. The Labute approximate surface area is 153 Å². The molecule has 0 aliphatic carbocycles. The molecule has 0 spiro atoms. The zero-order valence-electron chi connectivity index (χ0n) is 12.9. The number of halogens is 3. The molecule has 3 aromatic rings. The van der Waals surface area contributed by atoms with E-state index in [0.29, 0.717) is 20.9 Å². The maximum Gasteiger partial charge on any atom is 0.573 e. The fourth-order valence-electron chi connectivity index (χ4n) is 1.89. The van der Waals surface area contributed by atoms with Gasteiger partial charge in [-0.25, -0.2) is 0 Å². The Morgan fingerprint density at radius 3 is 2.65 bits per heavy atom. The molecule has 0 saturated heterocycles. The Balaban J connectivity index is 1.54. The molecular formula is C15H11F3N4O2S2. The van der Waals surface area contributed by atoms with Crippen molar-refractivity contribution in [1.82, 2.24) is 15.2 Å². The number of alkyl halides is 3. The number of thioether (sulfide) groups is 1. The van der Waals surface area contributed by atoms with Gasteiger partial charge in [0.1, 0.15) is 5.75 Å². The number of ketones is 1. The smallest absolute Gasteiger partial charge is 0.406 e. The second-order valence-corrected chi connectivity index (χ2v) is 7.07. The predicted octanol–water partition coefficient (Wildman–Crippen LogP) is 4.48. The van der Waals surface area contributed by atoms with Gasteiger partial charge in [-0.2, -0.15) is 0 Å². The van der Waals surface area contributed by atoms with Crippen LogP contribution in [-0.4, -0.2) is 33.1 Å². The van der Waals surface area contributed by atoms with Crippen molar-refractivity contribution in [3.05, 3.63) is 48.3 Å². The van der Waals surface area contributed by atoms with Crippen LogP contribution in [0.4, 0.5) is 24.0 Å². The van der Waals surface area contributed by atoms with Crippen LogP contribution >= 0.6 is 23.1 Å². The van der Waals surface area contributed by atoms with E-state index in [0.717, 1.165) is 0 Å². The van der Waals surface area contributed by atoms with E-state index in [1.54, 1.807) is 18.3 Å². The summed E-state index contributed by atoms with van der Waals surface area (Å²) in [5.41, 5.74) is 1.07. The minimum Gasteiger partial charge on any atom is -0.406 e. The Hall–Kier alpha value is -2.53. The molecule has 0 atom stereocenters. The molecule has 0 aliphatic rings. The molecule has 26 heavy (non-hydrogen) atoms. The number of nitrogens with zero attached hydrogens (tertiary/aromatic N) is 2. The van der Waals surface area contributed by atoms with Gasteiger partial charge < -0.3 is 15.0 Å². The van der Waals surface area contributed by atoms with Gasteiger partial charge in [-0.3, -0.25) is 4.79 Å². The van der Waals surface area contributed by atoms with Crippen molar-refractivity contribution in [2.75, 3.05) is 11.1 Å². The molecule has 0 radical (unpaired) electrons. The SMILES string of the molecule is O=C(CSc1nnc(Nc2ccc(OC(F)(F)F)cc2)s1)c1ccc[nH]1. The molecule has 2 heterocycles. The number of aromatic amines is 1. The molecule has 11 heteroatoms. The van der Waals surface area contributed by atoms with Crippen LogP contribution in [0.25, 0.3) is 0 Å². The van der Waals surface area contributed by atoms with Crippen molar-refractivity contribution in [3.63, 3.8) is 0 Å². The van der Waals surface area contributed by atoms with Crippen molar-refractivity contribution < 1.29 is 22.7 Å². The first-order valence-electron chi connectivity index (χ1n) is 7.15. The number of benzene rings is 1. The van der Waals surface area contributed by atoms with Gasteiger partial charge in [0.2, 0.25) is 5.13 Å². The molecule has 0 fully saturated rings. The minimum absolute atomic E-state index is 0.0510. The topological polar surface area (TPSA) is 79.9 Å². The third-order valence-corrected chi connectivity index (χ3v) is 4.94. The summed E-state index contributed by atoms with van der Waals surface area (Å²) in [6.45, 7) is 0. The van der Waals surface area contributed by atoms with Crippen LogP contribution in [0.2, 0.25) is 0 Å². The van der Waals surface area contributed by atoms with E-state index in [1.807, 2.05) is 0 Å². The number of carbonyl (C=O) groups excluding carboxylic acids is 1. The number of hydrogen-bond donors (Lipinski definition) is 2. The average Bonchev–Trinajstić information content (AvgIpc) is 3.25. The molecule has 2 aromatic heterocycles. The van der Waals surface area contributed by atoms with Crippen LogP contribution in [0.5, 0.6) is 5.75 Å². The lowest BCUT2D eigenvalue weighted by Crippen LogP contribution is -2.16. The Morgan fingerprint density at radius 2 is 2.00 bits per heavy atom. The number of hydrogen-bond acceptors (Lipinski definition) is 7. The molecule has 1 aromatic carbocycles. The quantitative estimate of drug-likeness (QED) is 0.450. The molecular weight excluding hydrogens is 389 g/mol. The summed E-state index contributed by atoms with van der Waals surface area (Å²) in [4.78, 5) is 14.7. The van der Waals surface area contributed by atoms with Crippen molar-refractivity contribution in [2.45, 2.75) is 10.7 Å². The van der Waals surface area contributed by atoms with E-state index >= 15 is 0 Å². The molecule has 3 rings (SSSR count). The van der Waals surface area contributed by atoms with Crippen LogP contribution in [0.15, 0.2) is 46.9 Å².